The molecule has 0 aromatic heterocycles. The molecule has 1 N–H and O–H groups in total. The molecule has 0 fully saturated rings. The van der Waals surface area contributed by atoms with Crippen LogP contribution in [0.25, 0.3) is 0 Å². The third-order valence-electron chi connectivity index (χ3n) is 4.39. The van der Waals surface area contributed by atoms with Gasteiger partial charge in [0.05, 0.1) is 17.8 Å². The lowest BCUT2D eigenvalue weighted by atomic mass is 9.99. The maximum absolute atomic E-state index is 13.2. The number of aliphatic imine (C=N–C) groups is 1. The second-order valence-corrected chi connectivity index (χ2v) is 7.92. The van der Waals surface area contributed by atoms with Crippen molar-refractivity contribution in [2.75, 3.05) is 11.4 Å². The Bertz CT molecular complexity index is 956. The molecule has 0 radical (unpaired) electrons. The van der Waals surface area contributed by atoms with Crippen molar-refractivity contribution >= 4 is 46.5 Å². The molecule has 0 aliphatic carbocycles. The predicted octanol–water partition coefficient (Wildman–Crippen LogP) is 4.68. The highest BCUT2D eigenvalue weighted by Crippen LogP contribution is 2.33. The highest BCUT2D eigenvalue weighted by Gasteiger charge is 2.34. The van der Waals surface area contributed by atoms with Crippen LogP contribution in [0.1, 0.15) is 31.4 Å². The molecule has 0 saturated heterocycles. The van der Waals surface area contributed by atoms with Gasteiger partial charge in [0.1, 0.15) is 6.04 Å². The van der Waals surface area contributed by atoms with Gasteiger partial charge in [-0.1, -0.05) is 55.2 Å². The first-order valence-electron chi connectivity index (χ1n) is 8.93. The molecule has 7 heteroatoms. The van der Waals surface area contributed by atoms with Gasteiger partial charge in [-0.15, -0.1) is 0 Å². The molecule has 5 nitrogen and oxygen atoms in total. The van der Waals surface area contributed by atoms with E-state index in [2.05, 4.69) is 4.99 Å². The molecule has 1 heterocycles. The number of carboxylic acid groups (broad SMARTS) is 1. The maximum atomic E-state index is 13.2. The van der Waals surface area contributed by atoms with Gasteiger partial charge < -0.3 is 10.0 Å². The highest BCUT2D eigenvalue weighted by atomic mass is 35.5. The highest BCUT2D eigenvalue weighted by molar-refractivity contribution is 6.37. The van der Waals surface area contributed by atoms with Crippen LogP contribution in [0.2, 0.25) is 10.0 Å². The minimum absolute atomic E-state index is 0.180. The van der Waals surface area contributed by atoms with Crippen LogP contribution in [0.15, 0.2) is 47.5 Å². The molecule has 1 aliphatic rings. The molecule has 2 aromatic rings. The summed E-state index contributed by atoms with van der Waals surface area (Å²) in [5.41, 5.74) is 2.40. The van der Waals surface area contributed by atoms with Crippen LogP contribution < -0.4 is 4.90 Å². The number of rotatable bonds is 5. The van der Waals surface area contributed by atoms with Gasteiger partial charge >= 0.3 is 5.97 Å². The molecule has 0 unspecified atom stereocenters. The van der Waals surface area contributed by atoms with Crippen LogP contribution in [-0.4, -0.2) is 35.3 Å². The molecule has 3 rings (SSSR count). The number of nitrogens with zero attached hydrogens (tertiary/aromatic N) is 2. The Labute approximate surface area is 173 Å². The Morgan fingerprint density at radius 1 is 1.18 bits per heavy atom. The lowest BCUT2D eigenvalue weighted by Crippen LogP contribution is -2.41. The van der Waals surface area contributed by atoms with Crippen molar-refractivity contribution in [2.45, 2.75) is 26.3 Å². The Balaban J connectivity index is 2.28. The summed E-state index contributed by atoms with van der Waals surface area (Å²) < 4.78 is 0. The molecular formula is C21H20Cl2N2O3. The van der Waals surface area contributed by atoms with Crippen LogP contribution in [0.3, 0.4) is 0 Å². The molecule has 1 amide bonds. The van der Waals surface area contributed by atoms with Crippen molar-refractivity contribution in [3.8, 4) is 0 Å². The van der Waals surface area contributed by atoms with Crippen molar-refractivity contribution in [3.63, 3.8) is 0 Å². The normalized spacial score (nSPS) is 16.6. The van der Waals surface area contributed by atoms with E-state index in [1.165, 1.54) is 0 Å². The molecular weight excluding hydrogens is 399 g/mol. The number of halogens is 2. The zero-order chi connectivity index (χ0) is 20.4. The van der Waals surface area contributed by atoms with Crippen molar-refractivity contribution in [1.82, 2.24) is 0 Å². The van der Waals surface area contributed by atoms with E-state index in [0.717, 1.165) is 0 Å². The largest absolute Gasteiger partial charge is 0.481 e. The van der Waals surface area contributed by atoms with E-state index < -0.39 is 18.4 Å². The van der Waals surface area contributed by atoms with Gasteiger partial charge in [-0.05, 0) is 30.2 Å². The van der Waals surface area contributed by atoms with E-state index in [0.29, 0.717) is 39.1 Å². The topological polar surface area (TPSA) is 70.0 Å². The first-order chi connectivity index (χ1) is 13.3. The van der Waals surface area contributed by atoms with Crippen LogP contribution in [-0.2, 0) is 9.59 Å². The fourth-order valence-electron chi connectivity index (χ4n) is 3.23. The molecule has 28 heavy (non-hydrogen) atoms. The first-order valence-corrected chi connectivity index (χ1v) is 9.69. The second-order valence-electron chi connectivity index (χ2n) is 7.08. The number of anilines is 1. The average Bonchev–Trinajstić information content (AvgIpc) is 2.72. The zero-order valence-electron chi connectivity index (χ0n) is 15.5. The van der Waals surface area contributed by atoms with Gasteiger partial charge in [-0.3, -0.25) is 14.6 Å². The number of aliphatic carboxylic acids is 1. The quantitative estimate of drug-likeness (QED) is 0.766. The number of carbonyl (C=O) groups excluding carboxylic acids is 1. The third-order valence-corrected chi connectivity index (χ3v) is 4.95. The summed E-state index contributed by atoms with van der Waals surface area (Å²) in [5, 5.41) is 10.3. The predicted molar refractivity (Wildman–Crippen MR) is 112 cm³/mol. The van der Waals surface area contributed by atoms with Gasteiger partial charge in [-0.2, -0.15) is 0 Å². The minimum Gasteiger partial charge on any atom is -0.481 e. The monoisotopic (exact) mass is 418 g/mol. The number of benzene rings is 2. The van der Waals surface area contributed by atoms with Gasteiger partial charge in [0.15, 0.2) is 0 Å². The van der Waals surface area contributed by atoms with Crippen molar-refractivity contribution in [3.05, 3.63) is 63.6 Å². The summed E-state index contributed by atoms with van der Waals surface area (Å²) in [5.74, 6) is -1.25. The average molecular weight is 419 g/mol. The number of hydrogen-bond donors (Lipinski definition) is 1. The summed E-state index contributed by atoms with van der Waals surface area (Å²) in [4.78, 5) is 30.8. The molecule has 146 valence electrons. The second kappa shape index (κ2) is 8.33. The Hall–Kier alpha value is -2.37. The summed E-state index contributed by atoms with van der Waals surface area (Å²) in [6.07, 6.45) is -0.400. The molecule has 0 bridgehead atoms. The van der Waals surface area contributed by atoms with Crippen LogP contribution in [0.5, 0.6) is 0 Å². The van der Waals surface area contributed by atoms with E-state index in [1.807, 2.05) is 19.9 Å². The molecule has 1 atom stereocenters. The number of carbonyl (C=O) groups is 2. The van der Waals surface area contributed by atoms with Crippen molar-refractivity contribution < 1.29 is 14.7 Å². The summed E-state index contributed by atoms with van der Waals surface area (Å²) in [6, 6.07) is 11.3. The Morgan fingerprint density at radius 3 is 2.54 bits per heavy atom. The Kier molecular flexibility index (Phi) is 6.06. The van der Waals surface area contributed by atoms with E-state index in [9.17, 15) is 14.7 Å². The summed E-state index contributed by atoms with van der Waals surface area (Å²) in [7, 11) is 0. The Morgan fingerprint density at radius 2 is 1.89 bits per heavy atom. The smallest absolute Gasteiger partial charge is 0.306 e. The number of amides is 1. The van der Waals surface area contributed by atoms with E-state index in [4.69, 9.17) is 23.2 Å². The molecule has 0 spiro atoms. The third kappa shape index (κ3) is 4.21. The lowest BCUT2D eigenvalue weighted by molar-refractivity contribution is -0.139. The van der Waals surface area contributed by atoms with E-state index >= 15 is 0 Å². The molecule has 2 aromatic carbocycles. The SMILES string of the molecule is CC(C)CN1C(=O)[C@H](CC(=O)O)N=C(c2ccccc2Cl)c2cc(Cl)ccc21. The van der Waals surface area contributed by atoms with E-state index in [1.54, 1.807) is 41.3 Å². The maximum Gasteiger partial charge on any atom is 0.306 e. The first kappa shape index (κ1) is 20.4. The van der Waals surface area contributed by atoms with Gasteiger partial charge in [-0.25, -0.2) is 0 Å². The van der Waals surface area contributed by atoms with E-state index in [-0.39, 0.29) is 11.8 Å². The lowest BCUT2D eigenvalue weighted by Gasteiger charge is -2.26. The standard InChI is InChI=1S/C21H20Cl2N2O3/c1-12(2)11-25-18-8-7-13(22)9-15(18)20(14-5-3-4-6-16(14)23)24-17(21(25)28)10-19(26)27/h3-9,12,17H,10-11H2,1-2H3,(H,26,27)/t17-/m0/s1. The molecule has 0 saturated carbocycles. The molecule has 1 aliphatic heterocycles. The summed E-state index contributed by atoms with van der Waals surface area (Å²) >= 11 is 12.6. The van der Waals surface area contributed by atoms with Crippen LogP contribution in [0.4, 0.5) is 5.69 Å². The van der Waals surface area contributed by atoms with Gasteiger partial charge in [0, 0.05) is 27.7 Å². The zero-order valence-corrected chi connectivity index (χ0v) is 17.0. The van der Waals surface area contributed by atoms with Crippen molar-refractivity contribution in [2.24, 2.45) is 10.9 Å². The van der Waals surface area contributed by atoms with Crippen molar-refractivity contribution in [1.29, 1.82) is 0 Å². The fourth-order valence-corrected chi connectivity index (χ4v) is 3.63. The van der Waals surface area contributed by atoms with Crippen LogP contribution in [0, 0.1) is 5.92 Å². The number of carboxylic acids is 1. The van der Waals surface area contributed by atoms with Gasteiger partial charge in [0.25, 0.3) is 5.91 Å². The van der Waals surface area contributed by atoms with Gasteiger partial charge in [0.2, 0.25) is 0 Å². The van der Waals surface area contributed by atoms with Crippen LogP contribution >= 0.6 is 23.2 Å². The number of hydrogen-bond acceptors (Lipinski definition) is 3. The fraction of sp³-hybridized carbons (Fsp3) is 0.286. The number of fused-ring (bicyclic) bond motifs is 1. The minimum atomic E-state index is -1.09. The summed E-state index contributed by atoms with van der Waals surface area (Å²) in [6.45, 7) is 4.43. The number of benzodiazepines with no additional fused rings is 1.